The molecule has 1 heterocycles. The van der Waals surface area contributed by atoms with Crippen molar-refractivity contribution in [2.75, 3.05) is 18.9 Å². The minimum atomic E-state index is 0.360. The Morgan fingerprint density at radius 1 is 1.20 bits per heavy atom. The lowest BCUT2D eigenvalue weighted by molar-refractivity contribution is 0.344. The SMILES string of the molecule is NCC#Cc1cccc(OCCSc2ncccn2)c1. The van der Waals surface area contributed by atoms with Gasteiger partial charge in [-0.1, -0.05) is 29.7 Å². The molecule has 0 bridgehead atoms. The molecule has 1 aromatic carbocycles. The summed E-state index contributed by atoms with van der Waals surface area (Å²) >= 11 is 1.57. The predicted molar refractivity (Wildman–Crippen MR) is 80.6 cm³/mol. The van der Waals surface area contributed by atoms with Crippen molar-refractivity contribution >= 4 is 11.8 Å². The van der Waals surface area contributed by atoms with E-state index in [0.29, 0.717) is 13.2 Å². The molecule has 1 aromatic heterocycles. The lowest BCUT2D eigenvalue weighted by atomic mass is 10.2. The highest BCUT2D eigenvalue weighted by atomic mass is 32.2. The quantitative estimate of drug-likeness (QED) is 0.394. The number of benzene rings is 1. The summed E-state index contributed by atoms with van der Waals surface area (Å²) in [6.07, 6.45) is 3.46. The summed E-state index contributed by atoms with van der Waals surface area (Å²) in [5.41, 5.74) is 6.26. The Bertz CT molecular complexity index is 593. The first kappa shape index (κ1) is 14.4. The molecule has 2 N–H and O–H groups in total. The van der Waals surface area contributed by atoms with E-state index in [-0.39, 0.29) is 0 Å². The van der Waals surface area contributed by atoms with Gasteiger partial charge >= 0.3 is 0 Å². The van der Waals surface area contributed by atoms with E-state index in [1.807, 2.05) is 24.3 Å². The summed E-state index contributed by atoms with van der Waals surface area (Å²) in [4.78, 5) is 8.27. The van der Waals surface area contributed by atoms with Crippen LogP contribution in [0.2, 0.25) is 0 Å². The van der Waals surface area contributed by atoms with E-state index in [2.05, 4.69) is 21.8 Å². The minimum absolute atomic E-state index is 0.360. The molecule has 20 heavy (non-hydrogen) atoms. The monoisotopic (exact) mass is 285 g/mol. The fraction of sp³-hybridized carbons (Fsp3) is 0.200. The van der Waals surface area contributed by atoms with Crippen molar-refractivity contribution in [3.05, 3.63) is 48.3 Å². The molecule has 102 valence electrons. The number of rotatable bonds is 5. The van der Waals surface area contributed by atoms with Crippen LogP contribution in [0, 0.1) is 11.8 Å². The fourth-order valence-electron chi connectivity index (χ4n) is 1.47. The van der Waals surface area contributed by atoms with Gasteiger partial charge in [0.2, 0.25) is 0 Å². The number of ether oxygens (including phenoxy) is 1. The standard InChI is InChI=1S/C15H15N3OS/c16-7-2-5-13-4-1-6-14(12-13)19-10-11-20-15-17-8-3-9-18-15/h1,3-4,6,8-9,12H,7,10-11,16H2. The first-order valence-electron chi connectivity index (χ1n) is 6.20. The summed E-state index contributed by atoms with van der Waals surface area (Å²) < 4.78 is 5.67. The zero-order valence-corrected chi connectivity index (χ0v) is 11.8. The maximum atomic E-state index is 5.67. The van der Waals surface area contributed by atoms with Crippen LogP contribution >= 0.6 is 11.8 Å². The lowest BCUT2D eigenvalue weighted by Crippen LogP contribution is -2.01. The average Bonchev–Trinajstić information content (AvgIpc) is 2.51. The minimum Gasteiger partial charge on any atom is -0.493 e. The van der Waals surface area contributed by atoms with E-state index in [1.54, 1.807) is 30.2 Å². The number of thioether (sulfide) groups is 1. The smallest absolute Gasteiger partial charge is 0.187 e. The summed E-state index contributed by atoms with van der Waals surface area (Å²) in [5.74, 6) is 7.41. The van der Waals surface area contributed by atoms with E-state index >= 15 is 0 Å². The Morgan fingerprint density at radius 2 is 2.05 bits per heavy atom. The third-order valence-electron chi connectivity index (χ3n) is 2.29. The van der Waals surface area contributed by atoms with Crippen molar-refractivity contribution in [3.63, 3.8) is 0 Å². The van der Waals surface area contributed by atoms with Crippen molar-refractivity contribution in [2.24, 2.45) is 5.73 Å². The molecular formula is C15H15N3OS. The number of nitrogens with zero attached hydrogens (tertiary/aromatic N) is 2. The van der Waals surface area contributed by atoms with Crippen molar-refractivity contribution in [2.45, 2.75) is 5.16 Å². The molecule has 0 atom stereocenters. The van der Waals surface area contributed by atoms with Gasteiger partial charge in [-0.25, -0.2) is 9.97 Å². The third kappa shape index (κ3) is 4.92. The first-order chi connectivity index (χ1) is 9.88. The molecule has 5 heteroatoms. The van der Waals surface area contributed by atoms with Gasteiger partial charge in [-0.05, 0) is 24.3 Å². The molecule has 0 aliphatic carbocycles. The van der Waals surface area contributed by atoms with Gasteiger partial charge in [-0.2, -0.15) is 0 Å². The molecule has 0 saturated heterocycles. The van der Waals surface area contributed by atoms with Crippen LogP contribution in [0.4, 0.5) is 0 Å². The second-order valence-electron chi connectivity index (χ2n) is 3.76. The number of hydrogen-bond donors (Lipinski definition) is 1. The largest absolute Gasteiger partial charge is 0.493 e. The van der Waals surface area contributed by atoms with Gasteiger partial charge in [0.05, 0.1) is 13.2 Å². The van der Waals surface area contributed by atoms with Gasteiger partial charge in [0, 0.05) is 23.7 Å². The molecule has 0 radical (unpaired) electrons. The van der Waals surface area contributed by atoms with E-state index in [1.165, 1.54) is 0 Å². The van der Waals surface area contributed by atoms with Gasteiger partial charge in [0.1, 0.15) is 5.75 Å². The molecule has 0 aliphatic heterocycles. The maximum absolute atomic E-state index is 5.67. The van der Waals surface area contributed by atoms with E-state index in [0.717, 1.165) is 22.2 Å². The van der Waals surface area contributed by atoms with Crippen LogP contribution in [0.3, 0.4) is 0 Å². The Hall–Kier alpha value is -2.03. The molecule has 0 unspecified atom stereocenters. The summed E-state index contributed by atoms with van der Waals surface area (Å²) in [5, 5.41) is 0.763. The van der Waals surface area contributed by atoms with Crippen LogP contribution in [-0.4, -0.2) is 28.9 Å². The second-order valence-corrected chi connectivity index (χ2v) is 4.82. The number of aromatic nitrogens is 2. The molecular weight excluding hydrogens is 270 g/mol. The Morgan fingerprint density at radius 3 is 2.85 bits per heavy atom. The van der Waals surface area contributed by atoms with E-state index < -0.39 is 0 Å². The molecule has 4 nitrogen and oxygen atoms in total. The first-order valence-corrected chi connectivity index (χ1v) is 7.18. The highest BCUT2D eigenvalue weighted by Gasteiger charge is 1.98. The second kappa shape index (κ2) is 8.20. The molecule has 2 rings (SSSR count). The van der Waals surface area contributed by atoms with E-state index in [4.69, 9.17) is 10.5 Å². The summed E-state index contributed by atoms with van der Waals surface area (Å²) in [6.45, 7) is 0.954. The normalized spacial score (nSPS) is 9.65. The Labute approximate surface area is 122 Å². The van der Waals surface area contributed by atoms with Crippen LogP contribution in [-0.2, 0) is 0 Å². The lowest BCUT2D eigenvalue weighted by Gasteiger charge is -2.05. The summed E-state index contributed by atoms with van der Waals surface area (Å²) in [6, 6.07) is 9.48. The van der Waals surface area contributed by atoms with Gasteiger partial charge in [0.25, 0.3) is 0 Å². The van der Waals surface area contributed by atoms with Gasteiger partial charge in [-0.3, -0.25) is 0 Å². The van der Waals surface area contributed by atoms with Crippen molar-refractivity contribution in [1.82, 2.24) is 9.97 Å². The fourth-order valence-corrected chi connectivity index (χ4v) is 2.09. The highest BCUT2D eigenvalue weighted by Crippen LogP contribution is 2.15. The Balaban J connectivity index is 1.79. The number of nitrogens with two attached hydrogens (primary N) is 1. The molecule has 2 aromatic rings. The molecule has 0 aliphatic rings. The van der Waals surface area contributed by atoms with Crippen molar-refractivity contribution < 1.29 is 4.74 Å². The van der Waals surface area contributed by atoms with Gasteiger partial charge in [0.15, 0.2) is 5.16 Å². The van der Waals surface area contributed by atoms with Crippen LogP contribution in [0.1, 0.15) is 5.56 Å². The topological polar surface area (TPSA) is 61.0 Å². The molecule has 0 saturated carbocycles. The van der Waals surface area contributed by atoms with Crippen LogP contribution in [0.25, 0.3) is 0 Å². The van der Waals surface area contributed by atoms with Crippen LogP contribution < -0.4 is 10.5 Å². The molecule has 0 spiro atoms. The summed E-state index contributed by atoms with van der Waals surface area (Å²) in [7, 11) is 0. The molecule has 0 amide bonds. The van der Waals surface area contributed by atoms with Gasteiger partial charge in [-0.15, -0.1) is 0 Å². The van der Waals surface area contributed by atoms with Crippen LogP contribution in [0.5, 0.6) is 5.75 Å². The maximum Gasteiger partial charge on any atom is 0.187 e. The zero-order valence-electron chi connectivity index (χ0n) is 11.0. The number of hydrogen-bond acceptors (Lipinski definition) is 5. The Kier molecular flexibility index (Phi) is 5.90. The third-order valence-corrected chi connectivity index (χ3v) is 3.13. The zero-order chi connectivity index (χ0) is 14.0. The van der Waals surface area contributed by atoms with Crippen molar-refractivity contribution in [3.8, 4) is 17.6 Å². The predicted octanol–water partition coefficient (Wildman–Crippen LogP) is 1.96. The van der Waals surface area contributed by atoms with Gasteiger partial charge < -0.3 is 10.5 Å². The highest BCUT2D eigenvalue weighted by molar-refractivity contribution is 7.99. The van der Waals surface area contributed by atoms with Crippen molar-refractivity contribution in [1.29, 1.82) is 0 Å². The average molecular weight is 285 g/mol. The van der Waals surface area contributed by atoms with Crippen LogP contribution in [0.15, 0.2) is 47.9 Å². The van der Waals surface area contributed by atoms with E-state index in [9.17, 15) is 0 Å². The molecule has 0 fully saturated rings.